The van der Waals surface area contributed by atoms with Crippen molar-refractivity contribution in [3.05, 3.63) is 29.3 Å². The molecular formula is C12H14O3. The third-order valence-corrected chi connectivity index (χ3v) is 2.45. The van der Waals surface area contributed by atoms with Crippen LogP contribution in [-0.2, 0) is 11.2 Å². The summed E-state index contributed by atoms with van der Waals surface area (Å²) in [7, 11) is 0. The Labute approximate surface area is 89.0 Å². The van der Waals surface area contributed by atoms with E-state index in [1.165, 1.54) is 0 Å². The zero-order chi connectivity index (χ0) is 10.7. The van der Waals surface area contributed by atoms with Crippen molar-refractivity contribution in [1.82, 2.24) is 0 Å². The van der Waals surface area contributed by atoms with E-state index >= 15 is 0 Å². The minimum absolute atomic E-state index is 0.00407. The van der Waals surface area contributed by atoms with Crippen LogP contribution in [0.25, 0.3) is 0 Å². The van der Waals surface area contributed by atoms with Gasteiger partial charge in [-0.15, -0.1) is 0 Å². The van der Waals surface area contributed by atoms with Crippen LogP contribution in [-0.4, -0.2) is 25.6 Å². The van der Waals surface area contributed by atoms with E-state index in [1.54, 1.807) is 6.07 Å². The number of para-hydroxylation sites is 1. The number of fused-ring (bicyclic) bond motifs is 1. The lowest BCUT2D eigenvalue weighted by Crippen LogP contribution is -2.10. The molecule has 80 valence electrons. The van der Waals surface area contributed by atoms with Crippen LogP contribution in [0.3, 0.4) is 0 Å². The van der Waals surface area contributed by atoms with Gasteiger partial charge in [-0.25, -0.2) is 0 Å². The lowest BCUT2D eigenvalue weighted by molar-refractivity contribution is 0.0780. The Morgan fingerprint density at radius 1 is 1.53 bits per heavy atom. The molecule has 1 aromatic carbocycles. The molecule has 0 bridgehead atoms. The van der Waals surface area contributed by atoms with Crippen molar-refractivity contribution in [3.8, 4) is 5.75 Å². The fourth-order valence-electron chi connectivity index (χ4n) is 1.71. The minimum Gasteiger partial charge on any atom is -0.492 e. The monoisotopic (exact) mass is 206 g/mol. The molecule has 1 aromatic rings. The molecule has 3 heteroatoms. The summed E-state index contributed by atoms with van der Waals surface area (Å²) < 4.78 is 10.6. The number of hydrogen-bond acceptors (Lipinski definition) is 3. The lowest BCUT2D eigenvalue weighted by Gasteiger charge is -2.06. The van der Waals surface area contributed by atoms with E-state index in [4.69, 9.17) is 9.47 Å². The van der Waals surface area contributed by atoms with Gasteiger partial charge in [-0.1, -0.05) is 12.1 Å². The first kappa shape index (κ1) is 10.2. The van der Waals surface area contributed by atoms with Crippen LogP contribution in [0.1, 0.15) is 22.8 Å². The highest BCUT2D eigenvalue weighted by molar-refractivity contribution is 6.00. The van der Waals surface area contributed by atoms with Crippen LogP contribution in [0.5, 0.6) is 5.75 Å². The first-order valence-electron chi connectivity index (χ1n) is 5.18. The van der Waals surface area contributed by atoms with Crippen molar-refractivity contribution in [2.24, 2.45) is 0 Å². The summed E-state index contributed by atoms with van der Waals surface area (Å²) in [5, 5.41) is 0. The van der Waals surface area contributed by atoms with Crippen LogP contribution in [0.4, 0.5) is 0 Å². The fourth-order valence-corrected chi connectivity index (χ4v) is 1.71. The number of hydrogen-bond donors (Lipinski definition) is 0. The summed E-state index contributed by atoms with van der Waals surface area (Å²) in [6.45, 7) is 3.24. The highest BCUT2D eigenvalue weighted by Crippen LogP contribution is 2.29. The quantitative estimate of drug-likeness (QED) is 0.705. The Bertz CT molecular complexity index is 371. The first-order chi connectivity index (χ1) is 7.33. The molecule has 1 aliphatic rings. The molecular weight excluding hydrogens is 192 g/mol. The van der Waals surface area contributed by atoms with Crippen molar-refractivity contribution in [1.29, 1.82) is 0 Å². The molecule has 1 heterocycles. The smallest absolute Gasteiger partial charge is 0.192 e. The largest absolute Gasteiger partial charge is 0.492 e. The summed E-state index contributed by atoms with van der Waals surface area (Å²) in [4.78, 5) is 11.8. The van der Waals surface area contributed by atoms with E-state index in [0.29, 0.717) is 18.8 Å². The van der Waals surface area contributed by atoms with E-state index in [9.17, 15) is 4.79 Å². The summed E-state index contributed by atoms with van der Waals surface area (Å²) in [5.41, 5.74) is 1.77. The zero-order valence-electron chi connectivity index (χ0n) is 8.79. The molecule has 0 saturated carbocycles. The van der Waals surface area contributed by atoms with Crippen LogP contribution in [0.2, 0.25) is 0 Å². The van der Waals surface area contributed by atoms with Crippen molar-refractivity contribution in [2.75, 3.05) is 19.8 Å². The van der Waals surface area contributed by atoms with Gasteiger partial charge >= 0.3 is 0 Å². The summed E-state index contributed by atoms with van der Waals surface area (Å²) in [6, 6.07) is 5.69. The van der Waals surface area contributed by atoms with Gasteiger partial charge in [0, 0.05) is 13.0 Å². The summed E-state index contributed by atoms with van der Waals surface area (Å²) in [6.07, 6.45) is 0.894. The number of carbonyl (C=O) groups excluding carboxylic acids is 1. The van der Waals surface area contributed by atoms with Crippen LogP contribution < -0.4 is 4.74 Å². The molecule has 0 atom stereocenters. The lowest BCUT2D eigenvalue weighted by atomic mass is 10.1. The van der Waals surface area contributed by atoms with Crippen molar-refractivity contribution in [2.45, 2.75) is 13.3 Å². The molecule has 0 saturated heterocycles. The van der Waals surface area contributed by atoms with Crippen molar-refractivity contribution >= 4 is 5.78 Å². The zero-order valence-corrected chi connectivity index (χ0v) is 8.79. The topological polar surface area (TPSA) is 35.5 Å². The molecule has 0 unspecified atom stereocenters. The average molecular weight is 206 g/mol. The van der Waals surface area contributed by atoms with Gasteiger partial charge in [-0.3, -0.25) is 4.79 Å². The molecule has 0 aliphatic carbocycles. The molecule has 1 aliphatic heterocycles. The highest BCUT2D eigenvalue weighted by Gasteiger charge is 2.19. The van der Waals surface area contributed by atoms with Gasteiger partial charge in [0.2, 0.25) is 0 Å². The van der Waals surface area contributed by atoms with E-state index in [0.717, 1.165) is 17.7 Å². The molecule has 0 radical (unpaired) electrons. The number of benzene rings is 1. The second-order valence-electron chi connectivity index (χ2n) is 3.45. The van der Waals surface area contributed by atoms with E-state index < -0.39 is 0 Å². The van der Waals surface area contributed by atoms with E-state index in [2.05, 4.69) is 0 Å². The van der Waals surface area contributed by atoms with Gasteiger partial charge in [-0.2, -0.15) is 0 Å². The third-order valence-electron chi connectivity index (χ3n) is 2.45. The predicted octanol–water partition coefficient (Wildman–Crippen LogP) is 1.84. The van der Waals surface area contributed by atoms with Gasteiger partial charge in [-0.05, 0) is 18.6 Å². The molecule has 15 heavy (non-hydrogen) atoms. The van der Waals surface area contributed by atoms with Crippen LogP contribution in [0, 0.1) is 0 Å². The number of rotatable bonds is 4. The number of ketones is 1. The highest BCUT2D eigenvalue weighted by atomic mass is 16.5. The van der Waals surface area contributed by atoms with Gasteiger partial charge in [0.05, 0.1) is 12.2 Å². The maximum atomic E-state index is 11.8. The van der Waals surface area contributed by atoms with Gasteiger partial charge in [0.25, 0.3) is 0 Å². The van der Waals surface area contributed by atoms with E-state index in [-0.39, 0.29) is 12.4 Å². The molecule has 0 fully saturated rings. The van der Waals surface area contributed by atoms with Crippen molar-refractivity contribution in [3.63, 3.8) is 0 Å². The number of carbonyl (C=O) groups is 1. The van der Waals surface area contributed by atoms with Crippen LogP contribution in [0.15, 0.2) is 18.2 Å². The van der Waals surface area contributed by atoms with E-state index in [1.807, 2.05) is 19.1 Å². The Balaban J connectivity index is 2.21. The second-order valence-corrected chi connectivity index (χ2v) is 3.45. The third kappa shape index (κ3) is 2.02. The Morgan fingerprint density at radius 2 is 2.40 bits per heavy atom. The maximum absolute atomic E-state index is 11.8. The average Bonchev–Trinajstić information content (AvgIpc) is 2.73. The van der Waals surface area contributed by atoms with Crippen molar-refractivity contribution < 1.29 is 14.3 Å². The Hall–Kier alpha value is -1.35. The molecule has 3 nitrogen and oxygen atoms in total. The summed E-state index contributed by atoms with van der Waals surface area (Å²) in [5.74, 6) is 0.748. The van der Waals surface area contributed by atoms with Crippen LogP contribution >= 0.6 is 0 Å². The minimum atomic E-state index is -0.00407. The Kier molecular flexibility index (Phi) is 3.02. The standard InChI is InChI=1S/C12H14O3/c1-2-14-8-11(13)10-5-3-4-9-6-7-15-12(9)10/h3-5H,2,6-8H2,1H3. The molecule has 0 amide bonds. The predicted molar refractivity (Wildman–Crippen MR) is 56.5 cm³/mol. The van der Waals surface area contributed by atoms with Gasteiger partial charge < -0.3 is 9.47 Å². The van der Waals surface area contributed by atoms with Gasteiger partial charge in [0.15, 0.2) is 5.78 Å². The SMILES string of the molecule is CCOCC(=O)c1cccc2c1OCC2. The number of Topliss-reactive ketones (excluding diaryl/α,β-unsaturated/α-hetero) is 1. The molecule has 0 spiro atoms. The second kappa shape index (κ2) is 4.45. The number of ether oxygens (including phenoxy) is 2. The first-order valence-corrected chi connectivity index (χ1v) is 5.18. The molecule has 2 rings (SSSR count). The summed E-state index contributed by atoms with van der Waals surface area (Å²) >= 11 is 0. The molecule has 0 aromatic heterocycles. The normalized spacial score (nSPS) is 13.4. The Morgan fingerprint density at radius 3 is 3.20 bits per heavy atom. The fraction of sp³-hybridized carbons (Fsp3) is 0.417. The maximum Gasteiger partial charge on any atom is 0.192 e. The van der Waals surface area contributed by atoms with Gasteiger partial charge in [0.1, 0.15) is 12.4 Å². The molecule has 0 N–H and O–H groups in total.